The van der Waals surface area contributed by atoms with Crippen LogP contribution in [0.4, 0.5) is 0 Å². The van der Waals surface area contributed by atoms with E-state index in [0.29, 0.717) is 34.6 Å². The van der Waals surface area contributed by atoms with Crippen molar-refractivity contribution in [2.24, 2.45) is 0 Å². The van der Waals surface area contributed by atoms with Gasteiger partial charge in [0.25, 0.3) is 0 Å². The molecule has 0 amide bonds. The van der Waals surface area contributed by atoms with E-state index in [-0.39, 0.29) is 6.61 Å². The van der Waals surface area contributed by atoms with Gasteiger partial charge in [-0.2, -0.15) is 0 Å². The average Bonchev–Trinajstić information content (AvgIpc) is 2.55. The first-order valence-corrected chi connectivity index (χ1v) is 9.28. The molecule has 0 heterocycles. The molecule has 0 bridgehead atoms. The molecule has 2 rings (SSSR count). The number of benzene rings is 2. The Balaban J connectivity index is 2.15. The van der Waals surface area contributed by atoms with Gasteiger partial charge in [-0.25, -0.2) is 0 Å². The Bertz CT molecular complexity index is 705. The highest BCUT2D eigenvalue weighted by Gasteiger charge is 2.14. The second kappa shape index (κ2) is 9.64. The number of aliphatic hydroxyl groups excluding tert-OH is 1. The second-order valence-corrected chi connectivity index (χ2v) is 7.25. The number of aliphatic hydroxyl groups is 1. The summed E-state index contributed by atoms with van der Waals surface area (Å²) in [6.07, 6.45) is -0.395. The van der Waals surface area contributed by atoms with Gasteiger partial charge in [-0.3, -0.25) is 0 Å². The molecule has 0 aliphatic heterocycles. The molecule has 2 aromatic rings. The van der Waals surface area contributed by atoms with Gasteiger partial charge in [-0.1, -0.05) is 29.3 Å². The monoisotopic (exact) mass is 447 g/mol. The molecular weight excluding hydrogens is 429 g/mol. The minimum Gasteiger partial charge on any atom is -0.493 e. The number of rotatable bonds is 8. The Morgan fingerprint density at radius 2 is 1.92 bits per heavy atom. The van der Waals surface area contributed by atoms with E-state index in [1.165, 1.54) is 0 Å². The van der Waals surface area contributed by atoms with Gasteiger partial charge < -0.3 is 19.9 Å². The van der Waals surface area contributed by atoms with Crippen LogP contribution in [0.5, 0.6) is 11.5 Å². The quantitative estimate of drug-likeness (QED) is 0.608. The van der Waals surface area contributed by atoms with Crippen LogP contribution < -0.4 is 14.8 Å². The summed E-state index contributed by atoms with van der Waals surface area (Å²) in [5.74, 6) is 1.18. The van der Waals surface area contributed by atoms with Crippen LogP contribution in [0.1, 0.15) is 18.1 Å². The molecule has 0 aliphatic carbocycles. The zero-order valence-electron chi connectivity index (χ0n) is 14.0. The van der Waals surface area contributed by atoms with Crippen LogP contribution in [-0.2, 0) is 13.2 Å². The van der Waals surface area contributed by atoms with Crippen LogP contribution in [0, 0.1) is 0 Å². The zero-order chi connectivity index (χ0) is 18.4. The van der Waals surface area contributed by atoms with Crippen molar-refractivity contribution in [1.29, 1.82) is 0 Å². The summed E-state index contributed by atoms with van der Waals surface area (Å²) in [5.41, 5.74) is 1.73. The van der Waals surface area contributed by atoms with E-state index in [2.05, 4.69) is 21.2 Å². The Kier molecular flexibility index (Phi) is 7.84. The van der Waals surface area contributed by atoms with E-state index in [1.807, 2.05) is 12.1 Å². The second-order valence-electron chi connectivity index (χ2n) is 5.58. The molecule has 0 saturated heterocycles. The van der Waals surface area contributed by atoms with Gasteiger partial charge in [0.1, 0.15) is 6.61 Å². The third kappa shape index (κ3) is 5.76. The van der Waals surface area contributed by atoms with Gasteiger partial charge >= 0.3 is 0 Å². The minimum absolute atomic E-state index is 0.229. The third-order valence-corrected chi connectivity index (χ3v) is 4.78. The summed E-state index contributed by atoms with van der Waals surface area (Å²) in [6, 6.07) is 9.18. The van der Waals surface area contributed by atoms with Crippen molar-refractivity contribution in [3.63, 3.8) is 0 Å². The molecule has 7 heteroatoms. The van der Waals surface area contributed by atoms with E-state index in [1.54, 1.807) is 32.2 Å². The fourth-order valence-electron chi connectivity index (χ4n) is 2.26. The maximum atomic E-state index is 9.31. The molecule has 1 atom stereocenters. The van der Waals surface area contributed by atoms with Gasteiger partial charge in [-0.05, 0) is 52.7 Å². The molecule has 136 valence electrons. The van der Waals surface area contributed by atoms with Gasteiger partial charge in [-0.15, -0.1) is 0 Å². The maximum Gasteiger partial charge on any atom is 0.175 e. The smallest absolute Gasteiger partial charge is 0.175 e. The van der Waals surface area contributed by atoms with Crippen molar-refractivity contribution in [3.8, 4) is 11.5 Å². The summed E-state index contributed by atoms with van der Waals surface area (Å²) < 4.78 is 12.1. The van der Waals surface area contributed by atoms with Crippen molar-refractivity contribution in [3.05, 3.63) is 56.0 Å². The number of hydrogen-bond acceptors (Lipinski definition) is 4. The van der Waals surface area contributed by atoms with Gasteiger partial charge in [0.15, 0.2) is 11.5 Å². The molecule has 0 aliphatic rings. The lowest BCUT2D eigenvalue weighted by molar-refractivity contribution is 0.191. The first-order chi connectivity index (χ1) is 11.9. The van der Waals surface area contributed by atoms with Crippen molar-refractivity contribution in [1.82, 2.24) is 5.32 Å². The molecule has 2 N–H and O–H groups in total. The zero-order valence-corrected chi connectivity index (χ0v) is 17.1. The Morgan fingerprint density at radius 3 is 2.52 bits per heavy atom. The van der Waals surface area contributed by atoms with Crippen molar-refractivity contribution >= 4 is 39.1 Å². The normalized spacial score (nSPS) is 12.1. The Hall–Kier alpha value is -0.980. The van der Waals surface area contributed by atoms with E-state index < -0.39 is 6.10 Å². The van der Waals surface area contributed by atoms with Crippen LogP contribution in [0.25, 0.3) is 0 Å². The van der Waals surface area contributed by atoms with E-state index in [9.17, 15) is 5.11 Å². The van der Waals surface area contributed by atoms with Crippen LogP contribution in [0.15, 0.2) is 34.8 Å². The lowest BCUT2D eigenvalue weighted by Crippen LogP contribution is -2.23. The Labute approximate surface area is 166 Å². The van der Waals surface area contributed by atoms with Crippen LogP contribution in [-0.4, -0.2) is 24.9 Å². The highest BCUT2D eigenvalue weighted by atomic mass is 79.9. The first kappa shape index (κ1) is 20.3. The van der Waals surface area contributed by atoms with Gasteiger partial charge in [0.2, 0.25) is 0 Å². The number of halogens is 3. The van der Waals surface area contributed by atoms with E-state index >= 15 is 0 Å². The molecule has 25 heavy (non-hydrogen) atoms. The van der Waals surface area contributed by atoms with Gasteiger partial charge in [0, 0.05) is 28.7 Å². The predicted octanol–water partition coefficient (Wildman–Crippen LogP) is 4.81. The van der Waals surface area contributed by atoms with Crippen LogP contribution >= 0.6 is 39.1 Å². The van der Waals surface area contributed by atoms with Crippen molar-refractivity contribution < 1.29 is 14.6 Å². The fraction of sp³-hybridized carbons (Fsp3) is 0.333. The molecule has 4 nitrogen and oxygen atoms in total. The average molecular weight is 449 g/mol. The van der Waals surface area contributed by atoms with Crippen molar-refractivity contribution in [2.75, 3.05) is 13.7 Å². The highest BCUT2D eigenvalue weighted by Crippen LogP contribution is 2.38. The lowest BCUT2D eigenvalue weighted by Gasteiger charge is -2.16. The largest absolute Gasteiger partial charge is 0.493 e. The topological polar surface area (TPSA) is 50.7 Å². The highest BCUT2D eigenvalue weighted by molar-refractivity contribution is 9.10. The van der Waals surface area contributed by atoms with Gasteiger partial charge in [0.05, 0.1) is 17.7 Å². The number of nitrogens with one attached hydrogen (secondary N) is 1. The van der Waals surface area contributed by atoms with Crippen molar-refractivity contribution in [2.45, 2.75) is 26.2 Å². The van der Waals surface area contributed by atoms with E-state index in [0.717, 1.165) is 15.6 Å². The molecule has 0 fully saturated rings. The SMILES string of the molecule is COc1cc(CNCC(C)O)cc(Br)c1OCc1c(Cl)cccc1Cl. The third-order valence-electron chi connectivity index (χ3n) is 3.48. The molecule has 1 unspecified atom stereocenters. The summed E-state index contributed by atoms with van der Waals surface area (Å²) in [7, 11) is 1.59. The van der Waals surface area contributed by atoms with E-state index in [4.69, 9.17) is 32.7 Å². The molecule has 0 spiro atoms. The molecule has 2 aromatic carbocycles. The summed E-state index contributed by atoms with van der Waals surface area (Å²) in [5, 5.41) is 13.6. The molecular formula is C18H20BrCl2NO3. The predicted molar refractivity (Wildman–Crippen MR) is 105 cm³/mol. The first-order valence-electron chi connectivity index (χ1n) is 7.73. The minimum atomic E-state index is -0.395. The number of methoxy groups -OCH3 is 1. The maximum absolute atomic E-state index is 9.31. The molecule has 0 aromatic heterocycles. The fourth-order valence-corrected chi connectivity index (χ4v) is 3.37. The number of hydrogen-bond donors (Lipinski definition) is 2. The molecule has 0 saturated carbocycles. The molecule has 0 radical (unpaired) electrons. The summed E-state index contributed by atoms with van der Waals surface area (Å²) >= 11 is 15.9. The standard InChI is InChI=1S/C18H20BrCl2NO3/c1-11(23)8-22-9-12-6-14(19)18(17(7-12)24-2)25-10-13-15(20)4-3-5-16(13)21/h3-7,11,22-23H,8-10H2,1-2H3. The summed E-state index contributed by atoms with van der Waals surface area (Å²) in [6.45, 7) is 3.09. The number of ether oxygens (including phenoxy) is 2. The van der Waals surface area contributed by atoms with Crippen LogP contribution in [0.2, 0.25) is 10.0 Å². The van der Waals surface area contributed by atoms with Crippen LogP contribution in [0.3, 0.4) is 0 Å². The Morgan fingerprint density at radius 1 is 1.24 bits per heavy atom. The summed E-state index contributed by atoms with van der Waals surface area (Å²) in [4.78, 5) is 0. The lowest BCUT2D eigenvalue weighted by atomic mass is 10.2.